The Morgan fingerprint density at radius 1 is 1.14 bits per heavy atom. The van der Waals surface area contributed by atoms with Gasteiger partial charge in [0.25, 0.3) is 6.43 Å². The molecule has 6 nitrogen and oxygen atoms in total. The number of benzene rings is 1. The van der Waals surface area contributed by atoms with E-state index < -0.39 is 6.43 Å². The maximum Gasteiger partial charge on any atom is 0.282 e. The molecule has 1 aromatic carbocycles. The number of anilines is 1. The molecule has 2 fully saturated rings. The number of likely N-dealkylation sites (tertiary alicyclic amines) is 1. The molecule has 2 unspecified atom stereocenters. The van der Waals surface area contributed by atoms with Crippen LogP contribution in [0.3, 0.4) is 0 Å². The number of halogens is 2. The fraction of sp³-hybridized carbons (Fsp3) is 0.476. The molecule has 4 heterocycles. The van der Waals surface area contributed by atoms with E-state index in [0.717, 1.165) is 49.3 Å². The second-order valence-electron chi connectivity index (χ2n) is 8.05. The van der Waals surface area contributed by atoms with E-state index >= 15 is 0 Å². The molecule has 5 rings (SSSR count). The van der Waals surface area contributed by atoms with E-state index in [2.05, 4.69) is 19.9 Å². The average molecular weight is 398 g/mol. The Morgan fingerprint density at radius 2 is 1.93 bits per heavy atom. The topological polar surface area (TPSA) is 50.1 Å². The predicted molar refractivity (Wildman–Crippen MR) is 107 cm³/mol. The summed E-state index contributed by atoms with van der Waals surface area (Å²) in [6.45, 7) is 3.26. The van der Waals surface area contributed by atoms with Gasteiger partial charge in [0.05, 0.1) is 17.2 Å². The molecule has 0 N–H and O–H groups in total. The summed E-state index contributed by atoms with van der Waals surface area (Å²) in [7, 11) is 1.70. The number of hydrogen-bond acceptors (Lipinski definition) is 5. The summed E-state index contributed by atoms with van der Waals surface area (Å²) in [4.78, 5) is 14.0. The second-order valence-corrected chi connectivity index (χ2v) is 8.05. The molecule has 8 heteroatoms. The van der Waals surface area contributed by atoms with Crippen LogP contribution in [-0.2, 0) is 13.6 Å². The minimum Gasteiger partial charge on any atom is -0.354 e. The van der Waals surface area contributed by atoms with Crippen molar-refractivity contribution >= 4 is 16.9 Å². The number of fused-ring (bicyclic) bond motifs is 2. The van der Waals surface area contributed by atoms with Gasteiger partial charge < -0.3 is 4.90 Å². The number of aryl methyl sites for hydroxylation is 1. The minimum absolute atomic E-state index is 0.0935. The van der Waals surface area contributed by atoms with E-state index in [4.69, 9.17) is 4.98 Å². The van der Waals surface area contributed by atoms with E-state index in [1.54, 1.807) is 13.2 Å². The number of piperidine rings is 1. The third-order valence-corrected chi connectivity index (χ3v) is 6.25. The Kier molecular flexibility index (Phi) is 4.66. The first-order valence-corrected chi connectivity index (χ1v) is 10.1. The van der Waals surface area contributed by atoms with Gasteiger partial charge in [-0.2, -0.15) is 5.10 Å². The highest BCUT2D eigenvalue weighted by Crippen LogP contribution is 2.35. The van der Waals surface area contributed by atoms with Crippen LogP contribution in [0.25, 0.3) is 11.0 Å². The number of alkyl halides is 2. The van der Waals surface area contributed by atoms with Crippen molar-refractivity contribution in [2.24, 2.45) is 13.0 Å². The summed E-state index contributed by atoms with van der Waals surface area (Å²) in [5.41, 5.74) is 2.33. The molecule has 2 atom stereocenters. The molecule has 0 saturated carbocycles. The number of hydrogen-bond donors (Lipinski definition) is 0. The Balaban J connectivity index is 1.36. The zero-order valence-electron chi connectivity index (χ0n) is 16.4. The van der Waals surface area contributed by atoms with Gasteiger partial charge in [-0.25, -0.2) is 13.8 Å². The molecule has 2 aliphatic heterocycles. The summed E-state index contributed by atoms with van der Waals surface area (Å²) in [6, 6.07) is 8.22. The highest BCUT2D eigenvalue weighted by molar-refractivity contribution is 5.75. The molecule has 2 aromatic heterocycles. The maximum absolute atomic E-state index is 13.3. The van der Waals surface area contributed by atoms with E-state index in [9.17, 15) is 8.78 Å². The lowest BCUT2D eigenvalue weighted by atomic mass is 9.92. The largest absolute Gasteiger partial charge is 0.354 e. The van der Waals surface area contributed by atoms with Crippen LogP contribution in [0.4, 0.5) is 14.6 Å². The molecule has 0 spiro atoms. The first-order chi connectivity index (χ1) is 14.1. The van der Waals surface area contributed by atoms with Crippen LogP contribution in [0.15, 0.2) is 36.7 Å². The molecular formula is C21H24F2N6. The van der Waals surface area contributed by atoms with E-state index in [1.807, 2.05) is 30.5 Å². The normalized spacial score (nSPS) is 22.6. The monoisotopic (exact) mass is 398 g/mol. The smallest absolute Gasteiger partial charge is 0.282 e. The summed E-state index contributed by atoms with van der Waals surface area (Å²) < 4.78 is 28.2. The zero-order valence-corrected chi connectivity index (χ0v) is 16.4. The number of aromatic nitrogens is 4. The fourth-order valence-corrected chi connectivity index (χ4v) is 4.81. The quantitative estimate of drug-likeness (QED) is 0.674. The van der Waals surface area contributed by atoms with Crippen LogP contribution in [0.5, 0.6) is 0 Å². The molecule has 0 radical (unpaired) electrons. The first-order valence-electron chi connectivity index (χ1n) is 10.1. The van der Waals surface area contributed by atoms with Crippen LogP contribution in [-0.4, -0.2) is 50.3 Å². The van der Waals surface area contributed by atoms with Gasteiger partial charge in [0.15, 0.2) is 0 Å². The Morgan fingerprint density at radius 3 is 2.76 bits per heavy atom. The SMILES string of the molecule is Cn1cc(CN2CCC3CCN(c4cnc5ccccc5n4)CC32)c(C(F)F)n1. The van der Waals surface area contributed by atoms with Crippen LogP contribution in [0, 0.1) is 5.92 Å². The summed E-state index contributed by atoms with van der Waals surface area (Å²) in [6.07, 6.45) is 3.24. The van der Waals surface area contributed by atoms with Gasteiger partial charge in [-0.1, -0.05) is 12.1 Å². The molecule has 0 aliphatic carbocycles. The van der Waals surface area contributed by atoms with Crippen molar-refractivity contribution in [3.05, 3.63) is 47.9 Å². The maximum atomic E-state index is 13.3. The van der Waals surface area contributed by atoms with Crippen molar-refractivity contribution in [3.8, 4) is 0 Å². The van der Waals surface area contributed by atoms with Crippen molar-refractivity contribution < 1.29 is 8.78 Å². The standard InChI is InChI=1S/C21H24F2N6/c1-27-11-15(20(26-27)21(22)23)12-28-8-6-14-7-9-29(13-18(14)28)19-10-24-16-4-2-3-5-17(16)25-19/h2-5,10-11,14,18,21H,6-9,12-13H2,1H3. The van der Waals surface area contributed by atoms with Gasteiger partial charge in [-0.05, 0) is 37.4 Å². The van der Waals surface area contributed by atoms with Crippen molar-refractivity contribution in [2.45, 2.75) is 31.9 Å². The molecule has 2 aliphatic rings. The molecule has 2 saturated heterocycles. The lowest BCUT2D eigenvalue weighted by Crippen LogP contribution is -2.48. The van der Waals surface area contributed by atoms with Crippen LogP contribution in [0.1, 0.15) is 30.5 Å². The van der Waals surface area contributed by atoms with E-state index in [0.29, 0.717) is 24.1 Å². The first kappa shape index (κ1) is 18.4. The summed E-state index contributed by atoms with van der Waals surface area (Å²) >= 11 is 0. The molecule has 3 aromatic rings. The van der Waals surface area contributed by atoms with Crippen molar-refractivity contribution in [1.82, 2.24) is 24.6 Å². The lowest BCUT2D eigenvalue weighted by molar-refractivity contribution is 0.140. The van der Waals surface area contributed by atoms with Crippen molar-refractivity contribution in [2.75, 3.05) is 24.5 Å². The summed E-state index contributed by atoms with van der Waals surface area (Å²) in [5.74, 6) is 1.50. The number of nitrogens with zero attached hydrogens (tertiary/aromatic N) is 6. The van der Waals surface area contributed by atoms with Gasteiger partial charge in [-0.15, -0.1) is 0 Å². The lowest BCUT2D eigenvalue weighted by Gasteiger charge is -2.39. The van der Waals surface area contributed by atoms with E-state index in [-0.39, 0.29) is 5.69 Å². The third-order valence-electron chi connectivity index (χ3n) is 6.25. The number of para-hydroxylation sites is 2. The molecule has 29 heavy (non-hydrogen) atoms. The third kappa shape index (κ3) is 3.46. The van der Waals surface area contributed by atoms with Crippen molar-refractivity contribution in [3.63, 3.8) is 0 Å². The van der Waals surface area contributed by atoms with Gasteiger partial charge in [0.2, 0.25) is 0 Å². The highest BCUT2D eigenvalue weighted by atomic mass is 19.3. The van der Waals surface area contributed by atoms with Gasteiger partial charge in [-0.3, -0.25) is 14.6 Å². The van der Waals surface area contributed by atoms with Gasteiger partial charge >= 0.3 is 0 Å². The van der Waals surface area contributed by atoms with E-state index in [1.165, 1.54) is 4.68 Å². The Bertz CT molecular complexity index is 1020. The predicted octanol–water partition coefficient (Wildman–Crippen LogP) is 3.40. The van der Waals surface area contributed by atoms with Gasteiger partial charge in [0, 0.05) is 44.5 Å². The number of rotatable bonds is 4. The Labute approximate surface area is 168 Å². The molecular weight excluding hydrogens is 374 g/mol. The minimum atomic E-state index is -2.54. The zero-order chi connectivity index (χ0) is 20.0. The molecule has 0 bridgehead atoms. The molecule has 152 valence electrons. The van der Waals surface area contributed by atoms with Crippen LogP contribution in [0.2, 0.25) is 0 Å². The summed E-state index contributed by atoms with van der Waals surface area (Å²) in [5, 5.41) is 3.96. The average Bonchev–Trinajstić information content (AvgIpc) is 3.30. The highest BCUT2D eigenvalue weighted by Gasteiger charge is 2.39. The van der Waals surface area contributed by atoms with Crippen LogP contribution < -0.4 is 4.90 Å². The van der Waals surface area contributed by atoms with Crippen molar-refractivity contribution in [1.29, 1.82) is 0 Å². The van der Waals surface area contributed by atoms with Gasteiger partial charge in [0.1, 0.15) is 11.5 Å². The van der Waals surface area contributed by atoms with Crippen LogP contribution >= 0.6 is 0 Å². The molecule has 0 amide bonds. The second kappa shape index (κ2) is 7.33. The fourth-order valence-electron chi connectivity index (χ4n) is 4.81. The Hall–Kier alpha value is -2.61.